The third-order valence-electron chi connectivity index (χ3n) is 4.95. The molecule has 2 heterocycles. The molecule has 25 heavy (non-hydrogen) atoms. The summed E-state index contributed by atoms with van der Waals surface area (Å²) in [4.78, 5) is 15.0. The van der Waals surface area contributed by atoms with E-state index in [2.05, 4.69) is 25.9 Å². The molecule has 2 aliphatic heterocycles. The molecule has 0 aromatic heterocycles. The fourth-order valence-electron chi connectivity index (χ4n) is 3.59. The second-order valence-corrected chi connectivity index (χ2v) is 7.64. The van der Waals surface area contributed by atoms with Crippen molar-refractivity contribution in [1.82, 2.24) is 9.80 Å². The molecule has 2 aliphatic rings. The molecule has 0 aromatic rings. The summed E-state index contributed by atoms with van der Waals surface area (Å²) < 4.78 is 11.9. The molecule has 0 bridgehead atoms. The number of hydrazone groups is 1. The average molecular weight is 356 g/mol. The second kappa shape index (κ2) is 8.31. The van der Waals surface area contributed by atoms with Crippen molar-refractivity contribution in [2.45, 2.75) is 71.8 Å². The Labute approximate surface area is 150 Å². The van der Waals surface area contributed by atoms with Gasteiger partial charge in [0.05, 0.1) is 18.3 Å². The molecule has 2 fully saturated rings. The highest BCUT2D eigenvalue weighted by Crippen LogP contribution is 2.30. The van der Waals surface area contributed by atoms with E-state index in [0.717, 1.165) is 32.4 Å². The Morgan fingerprint density at radius 1 is 1.40 bits per heavy atom. The molecule has 0 radical (unpaired) electrons. The Hall–Kier alpha value is -1.41. The van der Waals surface area contributed by atoms with Gasteiger partial charge in [0.15, 0.2) is 5.03 Å². The maximum atomic E-state index is 11.1. The minimum absolute atomic E-state index is 0.111. The van der Waals surface area contributed by atoms with Crippen molar-refractivity contribution in [3.05, 3.63) is 10.1 Å². The average Bonchev–Trinajstić information content (AvgIpc) is 3.08. The van der Waals surface area contributed by atoms with Crippen LogP contribution in [0.4, 0.5) is 0 Å². The van der Waals surface area contributed by atoms with Gasteiger partial charge in [-0.1, -0.05) is 13.8 Å². The van der Waals surface area contributed by atoms with Crippen LogP contribution in [0.25, 0.3) is 0 Å². The van der Waals surface area contributed by atoms with E-state index in [9.17, 15) is 10.1 Å². The van der Waals surface area contributed by atoms with Gasteiger partial charge in [-0.25, -0.2) is 10.1 Å². The van der Waals surface area contributed by atoms with Gasteiger partial charge in [0.2, 0.25) is 0 Å². The number of hydrogen-bond donors (Lipinski definition) is 0. The summed E-state index contributed by atoms with van der Waals surface area (Å²) in [6, 6.07) is 0. The van der Waals surface area contributed by atoms with Crippen molar-refractivity contribution in [3.8, 4) is 0 Å². The van der Waals surface area contributed by atoms with E-state index in [1.807, 2.05) is 23.6 Å². The van der Waals surface area contributed by atoms with Crippen LogP contribution in [0, 0.1) is 16.0 Å². The molecule has 0 aliphatic carbocycles. The van der Waals surface area contributed by atoms with Crippen LogP contribution in [-0.4, -0.2) is 65.0 Å². The van der Waals surface area contributed by atoms with Crippen LogP contribution in [0.3, 0.4) is 0 Å². The van der Waals surface area contributed by atoms with Crippen molar-refractivity contribution in [2.24, 2.45) is 11.0 Å². The van der Waals surface area contributed by atoms with Crippen LogP contribution < -0.4 is 0 Å². The zero-order valence-electron chi connectivity index (χ0n) is 16.1. The quantitative estimate of drug-likeness (QED) is 0.491. The Kier molecular flexibility index (Phi) is 6.62. The predicted molar refractivity (Wildman–Crippen MR) is 95.8 cm³/mol. The molecular formula is C17H32N4O4. The molecule has 144 valence electrons. The standard InChI is InChI=1S/C17H32N4O4/c1-6-13(3)25-15(7-2)20-9-8-19(16(20)18-21(22)23)11-14-10-17(4,5)24-12-14/h13-15H,6-12H2,1-5H3. The van der Waals surface area contributed by atoms with Gasteiger partial charge in [0, 0.05) is 25.6 Å². The topological polar surface area (TPSA) is 80.4 Å². The predicted octanol–water partition coefficient (Wildman–Crippen LogP) is 2.52. The molecule has 3 unspecified atom stereocenters. The number of nitro groups is 1. The normalized spacial score (nSPS) is 27.1. The van der Waals surface area contributed by atoms with Gasteiger partial charge < -0.3 is 19.3 Å². The summed E-state index contributed by atoms with van der Waals surface area (Å²) in [7, 11) is 0. The second-order valence-electron chi connectivity index (χ2n) is 7.64. The highest BCUT2D eigenvalue weighted by molar-refractivity contribution is 5.81. The lowest BCUT2D eigenvalue weighted by Gasteiger charge is -2.31. The van der Waals surface area contributed by atoms with Crippen molar-refractivity contribution in [3.63, 3.8) is 0 Å². The van der Waals surface area contributed by atoms with Crippen LogP contribution in [0.2, 0.25) is 0 Å². The maximum absolute atomic E-state index is 11.1. The molecule has 2 rings (SSSR count). The van der Waals surface area contributed by atoms with Gasteiger partial charge in [0.25, 0.3) is 5.96 Å². The highest BCUT2D eigenvalue weighted by atomic mass is 16.7. The smallest absolute Gasteiger partial charge is 0.276 e. The molecule has 0 N–H and O–H groups in total. The van der Waals surface area contributed by atoms with Gasteiger partial charge in [-0.3, -0.25) is 0 Å². The van der Waals surface area contributed by atoms with Crippen LogP contribution >= 0.6 is 0 Å². The number of ether oxygens (including phenoxy) is 2. The minimum Gasteiger partial charge on any atom is -0.375 e. The van der Waals surface area contributed by atoms with E-state index >= 15 is 0 Å². The van der Waals surface area contributed by atoms with E-state index in [4.69, 9.17) is 9.47 Å². The fraction of sp³-hybridized carbons (Fsp3) is 0.941. The molecule has 2 saturated heterocycles. The van der Waals surface area contributed by atoms with E-state index in [-0.39, 0.29) is 17.9 Å². The summed E-state index contributed by atoms with van der Waals surface area (Å²) in [6.07, 6.45) is 2.55. The first-order valence-electron chi connectivity index (χ1n) is 9.29. The number of nitrogens with zero attached hydrogens (tertiary/aromatic N) is 4. The van der Waals surface area contributed by atoms with Crippen molar-refractivity contribution in [2.75, 3.05) is 26.2 Å². The maximum Gasteiger partial charge on any atom is 0.276 e. The SMILES string of the molecule is CCC(C)OC(CC)N1CCN(CC2COC(C)(C)C2)C1=N[N+](=O)[O-]. The molecule has 8 nitrogen and oxygen atoms in total. The first-order chi connectivity index (χ1) is 11.8. The largest absolute Gasteiger partial charge is 0.375 e. The highest BCUT2D eigenvalue weighted by Gasteiger charge is 2.39. The Morgan fingerprint density at radius 3 is 2.64 bits per heavy atom. The lowest BCUT2D eigenvalue weighted by Crippen LogP contribution is -2.44. The van der Waals surface area contributed by atoms with Crippen molar-refractivity contribution in [1.29, 1.82) is 0 Å². The van der Waals surface area contributed by atoms with E-state index < -0.39 is 5.03 Å². The summed E-state index contributed by atoms with van der Waals surface area (Å²) >= 11 is 0. The van der Waals surface area contributed by atoms with Crippen molar-refractivity contribution < 1.29 is 14.5 Å². The first-order valence-corrected chi connectivity index (χ1v) is 9.29. The Bertz CT molecular complexity index is 497. The summed E-state index contributed by atoms with van der Waals surface area (Å²) in [5, 5.41) is 14.2. The lowest BCUT2D eigenvalue weighted by atomic mass is 9.97. The van der Waals surface area contributed by atoms with E-state index in [0.29, 0.717) is 25.0 Å². The molecule has 0 amide bonds. The fourth-order valence-corrected chi connectivity index (χ4v) is 3.59. The molecule has 0 saturated carbocycles. The zero-order valence-corrected chi connectivity index (χ0v) is 16.1. The van der Waals surface area contributed by atoms with Gasteiger partial charge in [-0.2, -0.15) is 0 Å². The molecular weight excluding hydrogens is 324 g/mol. The minimum atomic E-state index is -0.605. The zero-order chi connectivity index (χ0) is 18.6. The van der Waals surface area contributed by atoms with Gasteiger partial charge >= 0.3 is 0 Å². The van der Waals surface area contributed by atoms with Crippen LogP contribution in [0.15, 0.2) is 5.10 Å². The Balaban J connectivity index is 2.10. The monoisotopic (exact) mass is 356 g/mol. The third kappa shape index (κ3) is 5.28. The van der Waals surface area contributed by atoms with E-state index in [1.54, 1.807) is 0 Å². The van der Waals surface area contributed by atoms with Crippen LogP contribution in [-0.2, 0) is 9.47 Å². The van der Waals surface area contributed by atoms with Gasteiger partial charge in [-0.15, -0.1) is 0 Å². The molecule has 0 aromatic carbocycles. The summed E-state index contributed by atoms with van der Waals surface area (Å²) in [6.45, 7) is 13.1. The van der Waals surface area contributed by atoms with E-state index in [1.165, 1.54) is 0 Å². The van der Waals surface area contributed by atoms with Gasteiger partial charge in [-0.05, 0) is 40.0 Å². The van der Waals surface area contributed by atoms with Crippen LogP contribution in [0.5, 0.6) is 0 Å². The number of hydrogen-bond acceptors (Lipinski definition) is 4. The first kappa shape index (κ1) is 19.9. The number of rotatable bonds is 8. The number of guanidine groups is 1. The lowest BCUT2D eigenvalue weighted by molar-refractivity contribution is -0.486. The van der Waals surface area contributed by atoms with Gasteiger partial charge in [0.1, 0.15) is 11.3 Å². The molecule has 0 spiro atoms. The summed E-state index contributed by atoms with van der Waals surface area (Å²) in [5.41, 5.74) is -0.115. The Morgan fingerprint density at radius 2 is 2.12 bits per heavy atom. The van der Waals surface area contributed by atoms with Crippen LogP contribution in [0.1, 0.15) is 53.9 Å². The molecule has 8 heteroatoms. The summed E-state index contributed by atoms with van der Waals surface area (Å²) in [5.74, 6) is 0.785. The third-order valence-corrected chi connectivity index (χ3v) is 4.95. The molecule has 3 atom stereocenters. The van der Waals surface area contributed by atoms with Crippen molar-refractivity contribution >= 4 is 5.96 Å².